The van der Waals surface area contributed by atoms with E-state index in [1.54, 1.807) is 0 Å². The van der Waals surface area contributed by atoms with Crippen LogP contribution in [0, 0.1) is 0 Å². The Balaban J connectivity index is 1.74. The molecule has 1 N–H and O–H groups in total. The molecular weight excluding hydrogens is 522 g/mol. The summed E-state index contributed by atoms with van der Waals surface area (Å²) in [5.74, 6) is -0.0117. The molecule has 0 unspecified atom stereocenters. The van der Waals surface area contributed by atoms with Crippen molar-refractivity contribution in [1.82, 2.24) is 5.32 Å². The Hall–Kier alpha value is -3.60. The van der Waals surface area contributed by atoms with Crippen LogP contribution in [-0.4, -0.2) is 30.6 Å². The van der Waals surface area contributed by atoms with Crippen molar-refractivity contribution >= 4 is 11.9 Å². The van der Waals surface area contributed by atoms with Crippen molar-refractivity contribution in [2.24, 2.45) is 0 Å². The molecule has 226 valence electrons. The molecule has 3 rings (SSSR count). The van der Waals surface area contributed by atoms with Crippen LogP contribution in [0.2, 0.25) is 0 Å². The van der Waals surface area contributed by atoms with E-state index >= 15 is 0 Å². The van der Waals surface area contributed by atoms with E-state index < -0.39 is 11.6 Å². The molecule has 0 aliphatic carbocycles. The number of carbonyl (C=O) groups is 2. The lowest BCUT2D eigenvalue weighted by Crippen LogP contribution is -2.27. The number of rotatable bonds is 17. The number of ether oxygens (including phenoxy) is 2. The summed E-state index contributed by atoms with van der Waals surface area (Å²) in [4.78, 5) is 26.0. The quantitative estimate of drug-likeness (QED) is 0.129. The van der Waals surface area contributed by atoms with Crippen molar-refractivity contribution in [1.29, 1.82) is 0 Å². The number of esters is 1. The standard InChI is InChI=1S/C37H49NO4/c1-5-6-7-8-9-10-11-12-13-20-25-38-36(40)31-26-32(29-21-16-14-17-22-29)35(41-28-34(39)42-37(2,3)4)33(27-31)30-23-18-15-19-24-30/h14-19,21-24,26-27H,5-13,20,25,28H2,1-4H3,(H,38,40). The lowest BCUT2D eigenvalue weighted by molar-refractivity contribution is -0.157. The minimum Gasteiger partial charge on any atom is -0.481 e. The largest absolute Gasteiger partial charge is 0.481 e. The molecule has 0 aliphatic rings. The molecule has 0 saturated heterocycles. The third kappa shape index (κ3) is 11.3. The van der Waals surface area contributed by atoms with Gasteiger partial charge in [0.05, 0.1) is 0 Å². The fourth-order valence-corrected chi connectivity index (χ4v) is 5.00. The fraction of sp³-hybridized carbons (Fsp3) is 0.459. The lowest BCUT2D eigenvalue weighted by atomic mass is 9.94. The highest BCUT2D eigenvalue weighted by Crippen LogP contribution is 2.40. The summed E-state index contributed by atoms with van der Waals surface area (Å²) >= 11 is 0. The van der Waals surface area contributed by atoms with Crippen molar-refractivity contribution in [2.75, 3.05) is 13.2 Å². The van der Waals surface area contributed by atoms with Gasteiger partial charge in [0.15, 0.2) is 6.61 Å². The summed E-state index contributed by atoms with van der Waals surface area (Å²) in [7, 11) is 0. The fourth-order valence-electron chi connectivity index (χ4n) is 5.00. The van der Waals surface area contributed by atoms with Gasteiger partial charge in [-0.05, 0) is 50.5 Å². The number of nitrogens with one attached hydrogen (secondary N) is 1. The summed E-state index contributed by atoms with van der Waals surface area (Å²) in [5.41, 5.74) is 3.26. The van der Waals surface area contributed by atoms with E-state index in [0.29, 0.717) is 17.9 Å². The van der Waals surface area contributed by atoms with Crippen LogP contribution >= 0.6 is 0 Å². The summed E-state index contributed by atoms with van der Waals surface area (Å²) in [6.07, 6.45) is 12.6. The molecule has 0 radical (unpaired) electrons. The monoisotopic (exact) mass is 571 g/mol. The van der Waals surface area contributed by atoms with Crippen LogP contribution in [0.3, 0.4) is 0 Å². The molecule has 0 heterocycles. The molecule has 5 nitrogen and oxygen atoms in total. The van der Waals surface area contributed by atoms with Crippen LogP contribution in [0.15, 0.2) is 72.8 Å². The molecule has 42 heavy (non-hydrogen) atoms. The normalized spacial score (nSPS) is 11.2. The molecule has 0 bridgehead atoms. The van der Waals surface area contributed by atoms with E-state index in [-0.39, 0.29) is 12.5 Å². The number of unbranched alkanes of at least 4 members (excludes halogenated alkanes) is 9. The van der Waals surface area contributed by atoms with Crippen LogP contribution in [-0.2, 0) is 9.53 Å². The van der Waals surface area contributed by atoms with Gasteiger partial charge in [0.2, 0.25) is 0 Å². The van der Waals surface area contributed by atoms with Gasteiger partial charge < -0.3 is 14.8 Å². The van der Waals surface area contributed by atoms with Crippen LogP contribution in [0.4, 0.5) is 0 Å². The Morgan fingerprint density at radius 3 is 1.64 bits per heavy atom. The molecule has 0 fully saturated rings. The Kier molecular flexibility index (Phi) is 13.6. The SMILES string of the molecule is CCCCCCCCCCCCNC(=O)c1cc(-c2ccccc2)c(OCC(=O)OC(C)(C)C)c(-c2ccccc2)c1. The number of hydrogen-bond acceptors (Lipinski definition) is 4. The zero-order valence-electron chi connectivity index (χ0n) is 26.0. The van der Waals surface area contributed by atoms with E-state index in [1.807, 2.05) is 93.6 Å². The topological polar surface area (TPSA) is 64.6 Å². The molecule has 5 heteroatoms. The molecule has 0 aromatic heterocycles. The Bertz CT molecular complexity index is 1170. The first-order chi connectivity index (χ1) is 20.3. The van der Waals surface area contributed by atoms with Gasteiger partial charge in [-0.15, -0.1) is 0 Å². The lowest BCUT2D eigenvalue weighted by Gasteiger charge is -2.21. The number of amides is 1. The van der Waals surface area contributed by atoms with Gasteiger partial charge >= 0.3 is 5.97 Å². The van der Waals surface area contributed by atoms with Gasteiger partial charge in [-0.1, -0.05) is 125 Å². The average molecular weight is 572 g/mol. The second-order valence-electron chi connectivity index (χ2n) is 11.9. The van der Waals surface area contributed by atoms with Crippen molar-refractivity contribution in [3.63, 3.8) is 0 Å². The average Bonchev–Trinajstić information content (AvgIpc) is 2.98. The first kappa shape index (κ1) is 32.9. The maximum absolute atomic E-state index is 13.4. The summed E-state index contributed by atoms with van der Waals surface area (Å²) in [6, 6.07) is 23.4. The second-order valence-corrected chi connectivity index (χ2v) is 11.9. The van der Waals surface area contributed by atoms with Crippen LogP contribution in [0.1, 0.15) is 102 Å². The summed E-state index contributed by atoms with van der Waals surface area (Å²) < 4.78 is 11.7. The number of benzene rings is 3. The third-order valence-corrected chi connectivity index (χ3v) is 7.09. The van der Waals surface area contributed by atoms with E-state index in [2.05, 4.69) is 12.2 Å². The molecule has 1 amide bonds. The highest BCUT2D eigenvalue weighted by atomic mass is 16.6. The van der Waals surface area contributed by atoms with Crippen molar-refractivity contribution in [3.8, 4) is 28.0 Å². The minimum absolute atomic E-state index is 0.112. The molecule has 0 atom stereocenters. The molecule has 0 spiro atoms. The first-order valence-electron chi connectivity index (χ1n) is 15.7. The van der Waals surface area contributed by atoms with Gasteiger partial charge in [-0.25, -0.2) is 4.79 Å². The van der Waals surface area contributed by atoms with Crippen molar-refractivity contribution < 1.29 is 19.1 Å². The Labute approximate surface area is 253 Å². The highest BCUT2D eigenvalue weighted by Gasteiger charge is 2.21. The molecule has 0 saturated carbocycles. The Morgan fingerprint density at radius 2 is 1.17 bits per heavy atom. The predicted octanol–water partition coefficient (Wildman–Crippen LogP) is 9.39. The molecule has 3 aromatic carbocycles. The summed E-state index contributed by atoms with van der Waals surface area (Å²) in [5, 5.41) is 3.12. The zero-order chi connectivity index (χ0) is 30.2. The van der Waals surface area contributed by atoms with Crippen molar-refractivity contribution in [2.45, 2.75) is 97.5 Å². The van der Waals surface area contributed by atoms with Gasteiger partial charge in [0, 0.05) is 23.2 Å². The second kappa shape index (κ2) is 17.4. The smallest absolute Gasteiger partial charge is 0.344 e. The van der Waals surface area contributed by atoms with E-state index in [9.17, 15) is 9.59 Å². The van der Waals surface area contributed by atoms with Crippen LogP contribution < -0.4 is 10.1 Å². The van der Waals surface area contributed by atoms with E-state index in [1.165, 1.54) is 51.4 Å². The number of hydrogen-bond donors (Lipinski definition) is 1. The third-order valence-electron chi connectivity index (χ3n) is 7.09. The van der Waals surface area contributed by atoms with Crippen molar-refractivity contribution in [3.05, 3.63) is 78.4 Å². The Morgan fingerprint density at radius 1 is 0.690 bits per heavy atom. The highest BCUT2D eigenvalue weighted by molar-refractivity contribution is 5.99. The maximum Gasteiger partial charge on any atom is 0.344 e. The zero-order valence-corrected chi connectivity index (χ0v) is 26.0. The predicted molar refractivity (Wildman–Crippen MR) is 173 cm³/mol. The van der Waals surface area contributed by atoms with Crippen LogP contribution in [0.25, 0.3) is 22.3 Å². The molecular formula is C37H49NO4. The summed E-state index contributed by atoms with van der Waals surface area (Å²) in [6.45, 7) is 8.16. The maximum atomic E-state index is 13.4. The van der Waals surface area contributed by atoms with E-state index in [0.717, 1.165) is 35.1 Å². The molecule has 3 aromatic rings. The van der Waals surface area contributed by atoms with Gasteiger partial charge in [0.25, 0.3) is 5.91 Å². The van der Waals surface area contributed by atoms with Gasteiger partial charge in [-0.3, -0.25) is 4.79 Å². The van der Waals surface area contributed by atoms with Crippen LogP contribution in [0.5, 0.6) is 5.75 Å². The number of carbonyl (C=O) groups excluding carboxylic acids is 2. The molecule has 0 aliphatic heterocycles. The minimum atomic E-state index is -0.610. The van der Waals surface area contributed by atoms with E-state index in [4.69, 9.17) is 9.47 Å². The van der Waals surface area contributed by atoms with Gasteiger partial charge in [-0.2, -0.15) is 0 Å². The van der Waals surface area contributed by atoms with Gasteiger partial charge in [0.1, 0.15) is 11.4 Å². The first-order valence-corrected chi connectivity index (χ1v) is 15.7.